The number of carbonyl (C=O) groups is 1. The first-order valence-corrected chi connectivity index (χ1v) is 10.1. The van der Waals surface area contributed by atoms with Gasteiger partial charge in [0.2, 0.25) is 6.29 Å². The Morgan fingerprint density at radius 1 is 0.885 bits per heavy atom. The van der Waals surface area contributed by atoms with Gasteiger partial charge in [-0.25, -0.2) is 0 Å². The number of carbonyl (C=O) groups excluding carboxylic acids is 1. The number of hydrogen-bond acceptors (Lipinski definition) is 5. The fourth-order valence-electron chi connectivity index (χ4n) is 2.44. The van der Waals surface area contributed by atoms with Crippen LogP contribution in [0, 0.1) is 0 Å². The van der Waals surface area contributed by atoms with E-state index in [9.17, 15) is 9.90 Å². The highest BCUT2D eigenvalue weighted by Crippen LogP contribution is 2.09. The molecule has 0 heterocycles. The number of esters is 1. The van der Waals surface area contributed by atoms with Crippen LogP contribution in [0.25, 0.3) is 0 Å². The van der Waals surface area contributed by atoms with E-state index in [1.54, 1.807) is 0 Å². The Hall–Kier alpha value is -1.17. The molecule has 0 saturated carbocycles. The summed E-state index contributed by atoms with van der Waals surface area (Å²) in [5.74, 6) is -0.546. The van der Waals surface area contributed by atoms with E-state index in [2.05, 4.69) is 36.0 Å². The maximum atomic E-state index is 11.4. The minimum absolute atomic E-state index is 0.222. The number of ether oxygens (including phenoxy) is 1. The minimum Gasteiger partial charge on any atom is -0.433 e. The summed E-state index contributed by atoms with van der Waals surface area (Å²) < 4.78 is 4.61. The quantitative estimate of drug-likeness (QED) is 0.156. The average Bonchev–Trinajstić information content (AvgIpc) is 2.64. The molecule has 0 bridgehead atoms. The third-order valence-electron chi connectivity index (χ3n) is 4.10. The van der Waals surface area contributed by atoms with Crippen molar-refractivity contribution in [2.45, 2.75) is 96.4 Å². The van der Waals surface area contributed by atoms with Crippen molar-refractivity contribution in [2.24, 2.45) is 0 Å². The van der Waals surface area contributed by atoms with E-state index in [0.717, 1.165) is 38.5 Å². The SMILES string of the molecule is CCCCC/C=C\C/C=C\CCCCCCCC(=O)O[C@@H](O)[C@H](O)CO. The van der Waals surface area contributed by atoms with Gasteiger partial charge in [-0.05, 0) is 38.5 Å². The minimum atomic E-state index is -1.65. The number of aliphatic hydroxyl groups excluding tert-OH is 3. The zero-order valence-electron chi connectivity index (χ0n) is 16.3. The zero-order valence-corrected chi connectivity index (χ0v) is 16.3. The number of hydrogen-bond donors (Lipinski definition) is 3. The van der Waals surface area contributed by atoms with Gasteiger partial charge in [-0.3, -0.25) is 4.79 Å². The lowest BCUT2D eigenvalue weighted by Gasteiger charge is -2.15. The van der Waals surface area contributed by atoms with Crippen molar-refractivity contribution < 1.29 is 24.9 Å². The Bertz CT molecular complexity index is 379. The Kier molecular flexibility index (Phi) is 17.8. The molecule has 0 unspecified atom stereocenters. The molecule has 0 aromatic heterocycles. The summed E-state index contributed by atoms with van der Waals surface area (Å²) in [5, 5.41) is 27.0. The van der Waals surface area contributed by atoms with E-state index >= 15 is 0 Å². The predicted molar refractivity (Wildman–Crippen MR) is 105 cm³/mol. The molecule has 26 heavy (non-hydrogen) atoms. The lowest BCUT2D eigenvalue weighted by atomic mass is 10.1. The molecule has 152 valence electrons. The zero-order chi connectivity index (χ0) is 19.5. The molecule has 2 atom stereocenters. The number of rotatable bonds is 17. The lowest BCUT2D eigenvalue weighted by Crippen LogP contribution is -2.33. The van der Waals surface area contributed by atoms with Gasteiger partial charge in [0.25, 0.3) is 0 Å². The first-order chi connectivity index (χ1) is 12.6. The highest BCUT2D eigenvalue weighted by Gasteiger charge is 2.19. The summed E-state index contributed by atoms with van der Waals surface area (Å²) in [5.41, 5.74) is 0. The van der Waals surface area contributed by atoms with Crippen LogP contribution < -0.4 is 0 Å². The fraction of sp³-hybridized carbons (Fsp3) is 0.762. The van der Waals surface area contributed by atoms with Gasteiger partial charge in [0, 0.05) is 6.42 Å². The van der Waals surface area contributed by atoms with E-state index < -0.39 is 25.0 Å². The van der Waals surface area contributed by atoms with Crippen LogP contribution in [0.2, 0.25) is 0 Å². The van der Waals surface area contributed by atoms with E-state index in [1.165, 1.54) is 25.7 Å². The molecule has 0 aromatic carbocycles. The number of aliphatic hydroxyl groups is 3. The van der Waals surface area contributed by atoms with Crippen molar-refractivity contribution in [3.8, 4) is 0 Å². The molecule has 0 spiro atoms. The van der Waals surface area contributed by atoms with Crippen molar-refractivity contribution in [3.63, 3.8) is 0 Å². The van der Waals surface area contributed by atoms with E-state index in [4.69, 9.17) is 10.2 Å². The molecule has 0 saturated heterocycles. The van der Waals surface area contributed by atoms with E-state index in [-0.39, 0.29) is 6.42 Å². The van der Waals surface area contributed by atoms with Crippen molar-refractivity contribution in [1.29, 1.82) is 0 Å². The Labute approximate surface area is 158 Å². The van der Waals surface area contributed by atoms with Crippen LogP contribution in [0.1, 0.15) is 84.0 Å². The molecule has 5 nitrogen and oxygen atoms in total. The highest BCUT2D eigenvalue weighted by atomic mass is 16.6. The van der Waals surface area contributed by atoms with Crippen molar-refractivity contribution in [3.05, 3.63) is 24.3 Å². The van der Waals surface area contributed by atoms with Gasteiger partial charge < -0.3 is 20.1 Å². The largest absolute Gasteiger partial charge is 0.433 e. The fourth-order valence-corrected chi connectivity index (χ4v) is 2.44. The smallest absolute Gasteiger partial charge is 0.308 e. The van der Waals surface area contributed by atoms with Gasteiger partial charge in [0.1, 0.15) is 6.10 Å². The summed E-state index contributed by atoms with van der Waals surface area (Å²) in [6.45, 7) is 1.58. The average molecular weight is 371 g/mol. The van der Waals surface area contributed by atoms with Crippen molar-refractivity contribution in [1.82, 2.24) is 0 Å². The molecule has 0 amide bonds. The van der Waals surface area contributed by atoms with Crippen LogP contribution in [-0.2, 0) is 9.53 Å². The second kappa shape index (κ2) is 18.6. The van der Waals surface area contributed by atoms with Crippen molar-refractivity contribution in [2.75, 3.05) is 6.61 Å². The van der Waals surface area contributed by atoms with E-state index in [0.29, 0.717) is 6.42 Å². The Morgan fingerprint density at radius 3 is 2.08 bits per heavy atom. The number of unbranched alkanes of at least 4 members (excludes halogenated alkanes) is 8. The third-order valence-corrected chi connectivity index (χ3v) is 4.10. The van der Waals surface area contributed by atoms with Crippen LogP contribution in [0.3, 0.4) is 0 Å². The lowest BCUT2D eigenvalue weighted by molar-refractivity contribution is -0.190. The molecular weight excluding hydrogens is 332 g/mol. The normalized spacial score (nSPS) is 14.2. The molecule has 0 aliphatic rings. The molecular formula is C21H38O5. The maximum Gasteiger partial charge on any atom is 0.308 e. The van der Waals surface area contributed by atoms with Crippen LogP contribution in [0.4, 0.5) is 0 Å². The summed E-state index contributed by atoms with van der Waals surface area (Å²) in [6, 6.07) is 0. The molecule has 0 aliphatic carbocycles. The standard InChI is InChI=1S/C21H38O5/c1-2-3-4-5-6-7-8-9-10-11-12-13-14-15-16-17-20(24)26-21(25)19(23)18-22/h6-7,9-10,19,21-23,25H,2-5,8,11-18H2,1H3/b7-6-,10-9-/t19-,21-/m1/s1. The van der Waals surface area contributed by atoms with Gasteiger partial charge in [0.05, 0.1) is 6.61 Å². The van der Waals surface area contributed by atoms with Gasteiger partial charge in [-0.2, -0.15) is 0 Å². The van der Waals surface area contributed by atoms with Gasteiger partial charge >= 0.3 is 5.97 Å². The highest BCUT2D eigenvalue weighted by molar-refractivity contribution is 5.69. The van der Waals surface area contributed by atoms with Crippen LogP contribution in [0.15, 0.2) is 24.3 Å². The van der Waals surface area contributed by atoms with Crippen LogP contribution in [-0.4, -0.2) is 40.3 Å². The van der Waals surface area contributed by atoms with Crippen LogP contribution in [0.5, 0.6) is 0 Å². The first-order valence-electron chi connectivity index (χ1n) is 10.1. The first kappa shape index (κ1) is 24.8. The van der Waals surface area contributed by atoms with Gasteiger partial charge in [0.15, 0.2) is 0 Å². The molecule has 3 N–H and O–H groups in total. The molecule has 5 heteroatoms. The molecule has 0 fully saturated rings. The van der Waals surface area contributed by atoms with Gasteiger partial charge in [-0.15, -0.1) is 0 Å². The Morgan fingerprint density at radius 2 is 1.46 bits per heavy atom. The number of allylic oxidation sites excluding steroid dienone is 4. The second-order valence-electron chi connectivity index (χ2n) is 6.61. The summed E-state index contributed by atoms with van der Waals surface area (Å²) >= 11 is 0. The molecule has 0 rings (SSSR count). The maximum absolute atomic E-state index is 11.4. The summed E-state index contributed by atoms with van der Waals surface area (Å²) in [4.78, 5) is 11.4. The van der Waals surface area contributed by atoms with Crippen molar-refractivity contribution >= 4 is 5.97 Å². The van der Waals surface area contributed by atoms with Crippen LogP contribution >= 0.6 is 0 Å². The molecule has 0 aromatic rings. The predicted octanol–water partition coefficient (Wildman–Crippen LogP) is 4.01. The molecule has 0 radical (unpaired) electrons. The monoisotopic (exact) mass is 370 g/mol. The van der Waals surface area contributed by atoms with Gasteiger partial charge in [-0.1, -0.05) is 63.3 Å². The topological polar surface area (TPSA) is 87.0 Å². The molecule has 0 aliphatic heterocycles. The van der Waals surface area contributed by atoms with E-state index in [1.807, 2.05) is 0 Å². The summed E-state index contributed by atoms with van der Waals surface area (Å²) in [7, 11) is 0. The summed E-state index contributed by atoms with van der Waals surface area (Å²) in [6.07, 6.45) is 18.3. The third kappa shape index (κ3) is 16.3. The second-order valence-corrected chi connectivity index (χ2v) is 6.61. The Balaban J connectivity index is 3.40.